The number of hydrogen-bond donors (Lipinski definition) is 2. The van der Waals surface area contributed by atoms with E-state index in [1.54, 1.807) is 6.07 Å². The summed E-state index contributed by atoms with van der Waals surface area (Å²) in [5.74, 6) is 0.0243. The number of amides is 1. The van der Waals surface area contributed by atoms with Crippen LogP contribution in [0.25, 0.3) is 0 Å². The van der Waals surface area contributed by atoms with Crippen molar-refractivity contribution in [3.8, 4) is 0 Å². The predicted molar refractivity (Wildman–Crippen MR) is 68.7 cm³/mol. The summed E-state index contributed by atoms with van der Waals surface area (Å²) in [5.41, 5.74) is 8.08. The van der Waals surface area contributed by atoms with E-state index < -0.39 is 0 Å². The quantitative estimate of drug-likeness (QED) is 0.765. The van der Waals surface area contributed by atoms with Crippen LogP contribution >= 0.6 is 0 Å². The summed E-state index contributed by atoms with van der Waals surface area (Å²) in [6, 6.07) is 5.50. The Kier molecular flexibility index (Phi) is 4.17. The Balaban J connectivity index is 2.92. The van der Waals surface area contributed by atoms with Crippen LogP contribution in [0.1, 0.15) is 19.8 Å². The van der Waals surface area contributed by atoms with Gasteiger partial charge in [0.05, 0.1) is 11.4 Å². The zero-order chi connectivity index (χ0) is 12.1. The average Bonchev–Trinajstić information content (AvgIpc) is 2.17. The summed E-state index contributed by atoms with van der Waals surface area (Å²) in [5, 5.41) is 2.87. The number of nitrogens with one attached hydrogen (secondary N) is 1. The van der Waals surface area contributed by atoms with Crippen molar-refractivity contribution >= 4 is 23.0 Å². The Labute approximate surface area is 96.4 Å². The molecule has 0 saturated heterocycles. The zero-order valence-electron chi connectivity index (χ0n) is 10.1. The highest BCUT2D eigenvalue weighted by Gasteiger charge is 2.08. The van der Waals surface area contributed by atoms with E-state index in [0.717, 1.165) is 17.8 Å². The van der Waals surface area contributed by atoms with Crippen molar-refractivity contribution in [1.82, 2.24) is 0 Å². The molecule has 0 aliphatic carbocycles. The standard InChI is InChI=1S/C12H19N3O/c1-4-5-12(16)14-10-8-9(13)6-7-11(10)15(2)3/h6-8H,4-5,13H2,1-3H3,(H,14,16). The van der Waals surface area contributed by atoms with Crippen molar-refractivity contribution in [2.24, 2.45) is 0 Å². The molecule has 0 fully saturated rings. The fourth-order valence-corrected chi connectivity index (χ4v) is 1.48. The molecule has 0 spiro atoms. The fraction of sp³-hybridized carbons (Fsp3) is 0.417. The number of nitrogens with two attached hydrogens (primary N) is 1. The molecule has 4 nitrogen and oxygen atoms in total. The molecule has 0 radical (unpaired) electrons. The second-order valence-corrected chi connectivity index (χ2v) is 3.97. The van der Waals surface area contributed by atoms with Crippen LogP contribution in [0.3, 0.4) is 0 Å². The van der Waals surface area contributed by atoms with Gasteiger partial charge in [0, 0.05) is 26.2 Å². The van der Waals surface area contributed by atoms with E-state index in [2.05, 4.69) is 5.32 Å². The van der Waals surface area contributed by atoms with Gasteiger partial charge in [0.2, 0.25) is 5.91 Å². The summed E-state index contributed by atoms with van der Waals surface area (Å²) in [4.78, 5) is 13.5. The SMILES string of the molecule is CCCC(=O)Nc1cc(N)ccc1N(C)C. The molecule has 0 unspecified atom stereocenters. The Morgan fingerprint density at radius 2 is 2.12 bits per heavy atom. The van der Waals surface area contributed by atoms with E-state index in [-0.39, 0.29) is 5.91 Å². The van der Waals surface area contributed by atoms with Gasteiger partial charge in [-0.2, -0.15) is 0 Å². The minimum Gasteiger partial charge on any atom is -0.399 e. The molecule has 0 aliphatic heterocycles. The second kappa shape index (κ2) is 5.39. The summed E-state index contributed by atoms with van der Waals surface area (Å²) < 4.78 is 0. The number of hydrogen-bond acceptors (Lipinski definition) is 3. The third-order valence-electron chi connectivity index (χ3n) is 2.25. The number of carbonyl (C=O) groups excluding carboxylic acids is 1. The molecular weight excluding hydrogens is 202 g/mol. The van der Waals surface area contributed by atoms with Crippen molar-refractivity contribution in [3.63, 3.8) is 0 Å². The molecule has 3 N–H and O–H groups in total. The smallest absolute Gasteiger partial charge is 0.224 e. The molecule has 1 amide bonds. The highest BCUT2D eigenvalue weighted by atomic mass is 16.1. The molecule has 0 aliphatic rings. The first kappa shape index (κ1) is 12.4. The van der Waals surface area contributed by atoms with Crippen LogP contribution in [0.5, 0.6) is 0 Å². The Morgan fingerprint density at radius 3 is 2.69 bits per heavy atom. The number of nitrogens with zero attached hydrogens (tertiary/aromatic N) is 1. The molecule has 0 aromatic heterocycles. The number of nitrogen functional groups attached to an aromatic ring is 1. The highest BCUT2D eigenvalue weighted by molar-refractivity contribution is 5.95. The second-order valence-electron chi connectivity index (χ2n) is 3.97. The van der Waals surface area contributed by atoms with Gasteiger partial charge in [-0.05, 0) is 24.6 Å². The number of anilines is 3. The first-order valence-corrected chi connectivity index (χ1v) is 5.41. The van der Waals surface area contributed by atoms with Crippen molar-refractivity contribution < 1.29 is 4.79 Å². The zero-order valence-corrected chi connectivity index (χ0v) is 10.1. The molecule has 4 heteroatoms. The molecule has 1 aromatic carbocycles. The summed E-state index contributed by atoms with van der Waals surface area (Å²) >= 11 is 0. The van der Waals surface area contributed by atoms with Crippen LogP contribution < -0.4 is 16.0 Å². The normalized spacial score (nSPS) is 9.94. The van der Waals surface area contributed by atoms with Gasteiger partial charge in [-0.1, -0.05) is 6.92 Å². The van der Waals surface area contributed by atoms with Crippen molar-refractivity contribution in [2.45, 2.75) is 19.8 Å². The topological polar surface area (TPSA) is 58.4 Å². The van der Waals surface area contributed by atoms with Gasteiger partial charge >= 0.3 is 0 Å². The lowest BCUT2D eigenvalue weighted by atomic mass is 10.2. The maximum Gasteiger partial charge on any atom is 0.224 e. The minimum atomic E-state index is 0.0243. The summed E-state index contributed by atoms with van der Waals surface area (Å²) in [6.45, 7) is 1.98. The lowest BCUT2D eigenvalue weighted by Crippen LogP contribution is -2.16. The molecule has 88 valence electrons. The largest absolute Gasteiger partial charge is 0.399 e. The molecule has 1 aromatic rings. The van der Waals surface area contributed by atoms with Crippen LogP contribution in [0.4, 0.5) is 17.1 Å². The van der Waals surface area contributed by atoms with Crippen LogP contribution in [0, 0.1) is 0 Å². The first-order valence-electron chi connectivity index (χ1n) is 5.41. The van der Waals surface area contributed by atoms with E-state index in [4.69, 9.17) is 5.73 Å². The number of benzene rings is 1. The van der Waals surface area contributed by atoms with Gasteiger partial charge in [0.1, 0.15) is 0 Å². The maximum atomic E-state index is 11.5. The van der Waals surface area contributed by atoms with Crippen molar-refractivity contribution in [3.05, 3.63) is 18.2 Å². The molecule has 1 rings (SSSR count). The number of rotatable bonds is 4. The lowest BCUT2D eigenvalue weighted by molar-refractivity contribution is -0.116. The fourth-order valence-electron chi connectivity index (χ4n) is 1.48. The van der Waals surface area contributed by atoms with E-state index in [0.29, 0.717) is 12.1 Å². The molecule has 0 saturated carbocycles. The highest BCUT2D eigenvalue weighted by Crippen LogP contribution is 2.26. The first-order chi connectivity index (χ1) is 7.54. The molecule has 0 heterocycles. The molecular formula is C12H19N3O. The van der Waals surface area contributed by atoms with E-state index in [1.165, 1.54) is 0 Å². The van der Waals surface area contributed by atoms with Crippen LogP contribution in [-0.2, 0) is 4.79 Å². The molecule has 0 atom stereocenters. The predicted octanol–water partition coefficient (Wildman–Crippen LogP) is 2.07. The summed E-state index contributed by atoms with van der Waals surface area (Å²) in [7, 11) is 3.86. The third-order valence-corrected chi connectivity index (χ3v) is 2.25. The lowest BCUT2D eigenvalue weighted by Gasteiger charge is -2.18. The Hall–Kier alpha value is -1.71. The molecule has 16 heavy (non-hydrogen) atoms. The third kappa shape index (κ3) is 3.15. The Morgan fingerprint density at radius 1 is 1.44 bits per heavy atom. The van der Waals surface area contributed by atoms with Gasteiger partial charge < -0.3 is 16.0 Å². The van der Waals surface area contributed by atoms with Crippen LogP contribution in [-0.4, -0.2) is 20.0 Å². The van der Waals surface area contributed by atoms with Crippen LogP contribution in [0.2, 0.25) is 0 Å². The van der Waals surface area contributed by atoms with Gasteiger partial charge in [-0.15, -0.1) is 0 Å². The van der Waals surface area contributed by atoms with Gasteiger partial charge in [-0.3, -0.25) is 4.79 Å². The summed E-state index contributed by atoms with van der Waals surface area (Å²) in [6.07, 6.45) is 1.37. The van der Waals surface area contributed by atoms with E-state index in [1.807, 2.05) is 38.1 Å². The van der Waals surface area contributed by atoms with Crippen LogP contribution in [0.15, 0.2) is 18.2 Å². The van der Waals surface area contributed by atoms with Crippen molar-refractivity contribution in [1.29, 1.82) is 0 Å². The van der Waals surface area contributed by atoms with Gasteiger partial charge in [0.15, 0.2) is 0 Å². The average molecular weight is 221 g/mol. The Bertz CT molecular complexity index is 375. The maximum absolute atomic E-state index is 11.5. The number of carbonyl (C=O) groups is 1. The minimum absolute atomic E-state index is 0.0243. The van der Waals surface area contributed by atoms with E-state index >= 15 is 0 Å². The van der Waals surface area contributed by atoms with Crippen molar-refractivity contribution in [2.75, 3.05) is 30.0 Å². The monoisotopic (exact) mass is 221 g/mol. The molecule has 0 bridgehead atoms. The van der Waals surface area contributed by atoms with Gasteiger partial charge in [0.25, 0.3) is 0 Å². The van der Waals surface area contributed by atoms with E-state index in [9.17, 15) is 4.79 Å². The van der Waals surface area contributed by atoms with Gasteiger partial charge in [-0.25, -0.2) is 0 Å².